The summed E-state index contributed by atoms with van der Waals surface area (Å²) in [7, 11) is 0. The number of hydrogen-bond acceptors (Lipinski definition) is 5. The molecule has 0 bridgehead atoms. The summed E-state index contributed by atoms with van der Waals surface area (Å²) in [6, 6.07) is 15.4. The second-order valence-electron chi connectivity index (χ2n) is 7.09. The van der Waals surface area contributed by atoms with Gasteiger partial charge in [0.15, 0.2) is 0 Å². The molecule has 0 aliphatic carbocycles. The predicted molar refractivity (Wildman–Crippen MR) is 109 cm³/mol. The second-order valence-corrected chi connectivity index (χ2v) is 7.09. The minimum Gasteiger partial charge on any atom is -0.426 e. The molecule has 0 N–H and O–H groups in total. The van der Waals surface area contributed by atoms with Gasteiger partial charge in [-0.1, -0.05) is 18.2 Å². The number of piperidine rings is 1. The Labute approximate surface area is 165 Å². The molecule has 3 aromatic rings. The molecule has 1 aliphatic rings. The van der Waals surface area contributed by atoms with E-state index < -0.39 is 0 Å². The molecule has 0 saturated carbocycles. The van der Waals surface area contributed by atoms with E-state index in [-0.39, 0.29) is 11.9 Å². The Morgan fingerprint density at radius 2 is 1.93 bits per heavy atom. The summed E-state index contributed by atoms with van der Waals surface area (Å²) in [5.41, 5.74) is 4.16. The molecule has 5 nitrogen and oxygen atoms in total. The van der Waals surface area contributed by atoms with Gasteiger partial charge in [-0.05, 0) is 55.7 Å². The molecule has 0 unspecified atom stereocenters. The highest BCUT2D eigenvalue weighted by Gasteiger charge is 2.27. The number of carbonyl (C=O) groups excluding carboxylic acids is 1. The lowest BCUT2D eigenvalue weighted by Gasteiger charge is -2.33. The number of pyridine rings is 2. The van der Waals surface area contributed by atoms with Crippen molar-refractivity contribution in [1.29, 1.82) is 0 Å². The van der Waals surface area contributed by atoms with Crippen LogP contribution in [0.1, 0.15) is 18.4 Å². The van der Waals surface area contributed by atoms with Crippen molar-refractivity contribution < 1.29 is 9.53 Å². The Kier molecular flexibility index (Phi) is 5.33. The van der Waals surface area contributed by atoms with Crippen LogP contribution in [0.25, 0.3) is 11.3 Å². The lowest BCUT2D eigenvalue weighted by Crippen LogP contribution is -2.38. The summed E-state index contributed by atoms with van der Waals surface area (Å²) in [5, 5.41) is 0. The molecule has 28 heavy (non-hydrogen) atoms. The maximum absolute atomic E-state index is 12.7. The van der Waals surface area contributed by atoms with Gasteiger partial charge in [0.2, 0.25) is 0 Å². The number of aromatic nitrogens is 2. The fourth-order valence-electron chi connectivity index (χ4n) is 3.63. The lowest BCUT2D eigenvalue weighted by atomic mass is 9.96. The van der Waals surface area contributed by atoms with Gasteiger partial charge in [-0.2, -0.15) is 0 Å². The number of ether oxygens (including phenoxy) is 1. The molecule has 142 valence electrons. The van der Waals surface area contributed by atoms with Gasteiger partial charge in [-0.15, -0.1) is 0 Å². The Morgan fingerprint density at radius 1 is 1.07 bits per heavy atom. The number of nitrogens with zero attached hydrogens (tertiary/aromatic N) is 3. The van der Waals surface area contributed by atoms with Crippen LogP contribution in [-0.4, -0.2) is 29.0 Å². The molecule has 0 spiro atoms. The fraction of sp³-hybridized carbons (Fsp3) is 0.261. The number of rotatable bonds is 4. The number of carbonyl (C=O) groups is 1. The van der Waals surface area contributed by atoms with Gasteiger partial charge in [0.05, 0.1) is 11.6 Å². The summed E-state index contributed by atoms with van der Waals surface area (Å²) in [6.07, 6.45) is 7.04. The zero-order chi connectivity index (χ0) is 19.3. The second kappa shape index (κ2) is 8.21. The average molecular weight is 373 g/mol. The third kappa shape index (κ3) is 4.03. The van der Waals surface area contributed by atoms with E-state index in [1.54, 1.807) is 6.20 Å². The van der Waals surface area contributed by atoms with Crippen molar-refractivity contribution in [3.8, 4) is 17.0 Å². The van der Waals surface area contributed by atoms with Crippen LogP contribution >= 0.6 is 0 Å². The summed E-state index contributed by atoms with van der Waals surface area (Å²) >= 11 is 0. The van der Waals surface area contributed by atoms with E-state index in [1.807, 2.05) is 60.9 Å². The minimum atomic E-state index is -0.149. The molecular formula is C23H23N3O2. The van der Waals surface area contributed by atoms with Crippen LogP contribution in [0.2, 0.25) is 0 Å². The molecule has 3 heterocycles. The molecule has 0 atom stereocenters. The van der Waals surface area contributed by atoms with Crippen LogP contribution in [0.5, 0.6) is 5.75 Å². The Morgan fingerprint density at radius 3 is 2.68 bits per heavy atom. The van der Waals surface area contributed by atoms with Crippen molar-refractivity contribution in [1.82, 2.24) is 9.97 Å². The van der Waals surface area contributed by atoms with E-state index >= 15 is 0 Å². The van der Waals surface area contributed by atoms with E-state index in [0.29, 0.717) is 5.75 Å². The standard InChI is InChI=1S/C23H23N3O2/c1-17-16-24-12-8-22(17)26-13-9-18(10-14-26)23(27)28-20-6-4-5-19(15-20)21-7-2-3-11-25-21/h2-8,11-12,15-16,18H,9-10,13-14H2,1H3. The number of esters is 1. The number of hydrogen-bond donors (Lipinski definition) is 0. The SMILES string of the molecule is Cc1cnccc1N1CCC(C(=O)Oc2cccc(-c3ccccn3)c2)CC1. The first-order chi connectivity index (χ1) is 13.7. The zero-order valence-corrected chi connectivity index (χ0v) is 15.9. The summed E-state index contributed by atoms with van der Waals surface area (Å²) < 4.78 is 5.69. The van der Waals surface area contributed by atoms with Gasteiger partial charge >= 0.3 is 5.97 Å². The molecule has 1 fully saturated rings. The third-order valence-electron chi connectivity index (χ3n) is 5.17. The lowest BCUT2D eigenvalue weighted by molar-refractivity contribution is -0.139. The third-order valence-corrected chi connectivity index (χ3v) is 5.17. The van der Waals surface area contributed by atoms with Gasteiger partial charge in [-0.3, -0.25) is 14.8 Å². The van der Waals surface area contributed by atoms with Gasteiger partial charge in [0.1, 0.15) is 5.75 Å². The van der Waals surface area contributed by atoms with Gasteiger partial charge in [-0.25, -0.2) is 0 Å². The molecule has 1 aromatic carbocycles. The quantitative estimate of drug-likeness (QED) is 0.505. The first kappa shape index (κ1) is 18.2. The molecular weight excluding hydrogens is 350 g/mol. The molecule has 2 aromatic heterocycles. The predicted octanol–water partition coefficient (Wildman–Crippen LogP) is 4.27. The van der Waals surface area contributed by atoms with E-state index in [2.05, 4.69) is 21.8 Å². The molecule has 5 heteroatoms. The highest BCUT2D eigenvalue weighted by molar-refractivity contribution is 5.76. The largest absolute Gasteiger partial charge is 0.426 e. The normalized spacial score (nSPS) is 14.7. The maximum Gasteiger partial charge on any atom is 0.314 e. The van der Waals surface area contributed by atoms with Gasteiger partial charge in [0, 0.05) is 42.9 Å². The van der Waals surface area contributed by atoms with Crippen LogP contribution in [0, 0.1) is 12.8 Å². The van der Waals surface area contributed by atoms with Crippen molar-refractivity contribution in [2.24, 2.45) is 5.92 Å². The minimum absolute atomic E-state index is 0.0723. The van der Waals surface area contributed by atoms with Crippen molar-refractivity contribution >= 4 is 11.7 Å². The van der Waals surface area contributed by atoms with E-state index in [9.17, 15) is 4.79 Å². The summed E-state index contributed by atoms with van der Waals surface area (Å²) in [4.78, 5) is 23.5. The van der Waals surface area contributed by atoms with Crippen molar-refractivity contribution in [3.05, 3.63) is 72.7 Å². The first-order valence-corrected chi connectivity index (χ1v) is 9.59. The van der Waals surface area contributed by atoms with E-state index in [1.165, 1.54) is 5.69 Å². The van der Waals surface area contributed by atoms with Gasteiger partial charge in [0.25, 0.3) is 0 Å². The number of benzene rings is 1. The molecule has 0 radical (unpaired) electrons. The monoisotopic (exact) mass is 373 g/mol. The molecule has 4 rings (SSSR count). The highest BCUT2D eigenvalue weighted by atomic mass is 16.5. The van der Waals surface area contributed by atoms with Crippen LogP contribution in [0.3, 0.4) is 0 Å². The number of aryl methyl sites for hydroxylation is 1. The molecule has 1 saturated heterocycles. The van der Waals surface area contributed by atoms with E-state index in [0.717, 1.165) is 42.8 Å². The smallest absolute Gasteiger partial charge is 0.314 e. The summed E-state index contributed by atoms with van der Waals surface area (Å²) in [5.74, 6) is 0.349. The topological polar surface area (TPSA) is 55.3 Å². The highest BCUT2D eigenvalue weighted by Crippen LogP contribution is 2.27. The Hall–Kier alpha value is -3.21. The van der Waals surface area contributed by atoms with E-state index in [4.69, 9.17) is 4.74 Å². The van der Waals surface area contributed by atoms with Crippen LogP contribution < -0.4 is 9.64 Å². The van der Waals surface area contributed by atoms with Crippen molar-refractivity contribution in [2.75, 3.05) is 18.0 Å². The molecule has 1 aliphatic heterocycles. The first-order valence-electron chi connectivity index (χ1n) is 9.59. The van der Waals surface area contributed by atoms with Crippen molar-refractivity contribution in [2.45, 2.75) is 19.8 Å². The zero-order valence-electron chi connectivity index (χ0n) is 15.9. The van der Waals surface area contributed by atoms with Crippen LogP contribution in [-0.2, 0) is 4.79 Å². The van der Waals surface area contributed by atoms with Gasteiger partial charge < -0.3 is 9.64 Å². The summed E-state index contributed by atoms with van der Waals surface area (Å²) in [6.45, 7) is 3.76. The Bertz CT molecular complexity index is 951. The van der Waals surface area contributed by atoms with Crippen LogP contribution in [0.4, 0.5) is 5.69 Å². The van der Waals surface area contributed by atoms with Crippen molar-refractivity contribution in [3.63, 3.8) is 0 Å². The maximum atomic E-state index is 12.7. The average Bonchev–Trinajstić information content (AvgIpc) is 2.75. The molecule has 0 amide bonds. The number of anilines is 1. The fourth-order valence-corrected chi connectivity index (χ4v) is 3.63. The van der Waals surface area contributed by atoms with Crippen LogP contribution in [0.15, 0.2) is 67.1 Å². The Balaban J connectivity index is 1.38.